The predicted octanol–water partition coefficient (Wildman–Crippen LogP) is 24.5. The molecule has 26 nitrogen and oxygen atoms in total. The zero-order valence-corrected chi connectivity index (χ0v) is 83.7. The first kappa shape index (κ1) is 112. The summed E-state index contributed by atoms with van der Waals surface area (Å²) in [5.41, 5.74) is -3.10. The molecule has 2 aliphatic heterocycles. The second-order valence-electron chi connectivity index (χ2n) is 37.2. The van der Waals surface area contributed by atoms with Gasteiger partial charge in [0.25, 0.3) is 11.1 Å². The van der Waals surface area contributed by atoms with Gasteiger partial charge >= 0.3 is 30.9 Å². The van der Waals surface area contributed by atoms with Gasteiger partial charge in [-0.1, -0.05) is 364 Å². The Bertz CT molecular complexity index is 4560. The number of methoxy groups -OCH3 is 2. The predicted molar refractivity (Wildman–Crippen MR) is 530 cm³/mol. The number of benzene rings is 4. The lowest BCUT2D eigenvalue weighted by atomic mass is 9.80. The lowest BCUT2D eigenvalue weighted by molar-refractivity contribution is -0.231. The summed E-state index contributed by atoms with van der Waals surface area (Å²) in [6.45, 7) is 7.81. The summed E-state index contributed by atoms with van der Waals surface area (Å²) in [6.07, 6.45) is 52.0. The van der Waals surface area contributed by atoms with Crippen LogP contribution in [0.4, 0.5) is 0 Å². The van der Waals surface area contributed by atoms with E-state index in [9.17, 15) is 44.2 Å². The van der Waals surface area contributed by atoms with E-state index in [0.717, 1.165) is 79.8 Å². The molecule has 0 saturated carbocycles. The summed E-state index contributed by atoms with van der Waals surface area (Å²) in [7, 11) is -2.37. The third kappa shape index (κ3) is 37.4. The molecule has 752 valence electrons. The fraction of sp³-hybridized carbons (Fsp3) is 0.676. The van der Waals surface area contributed by atoms with Crippen LogP contribution < -0.4 is 46.2 Å². The van der Waals surface area contributed by atoms with E-state index in [0.29, 0.717) is 65.3 Å². The molecule has 0 bridgehead atoms. The summed E-state index contributed by atoms with van der Waals surface area (Å²) in [5, 5.41) is 33.7. The first-order valence-corrected chi connectivity index (χ1v) is 53.3. The van der Waals surface area contributed by atoms with E-state index in [1.807, 2.05) is 36.4 Å². The molecule has 0 spiro atoms. The molecule has 4 aromatic carbocycles. The molecular formula is C108H164N5O21P. The summed E-state index contributed by atoms with van der Waals surface area (Å²) in [6, 6.07) is 28.4. The quantitative estimate of drug-likeness (QED) is 0.00906. The summed E-state index contributed by atoms with van der Waals surface area (Å²) >= 11 is 0. The van der Waals surface area contributed by atoms with Crippen molar-refractivity contribution in [2.24, 2.45) is 0 Å². The molecule has 8 rings (SSSR count). The number of nitrogens with zero attached hydrogens (tertiary/aromatic N) is 3. The highest BCUT2D eigenvalue weighted by atomic mass is 31.2. The van der Waals surface area contributed by atoms with Gasteiger partial charge in [-0.2, -0.15) is 5.26 Å². The van der Waals surface area contributed by atoms with Crippen LogP contribution in [0.2, 0.25) is 0 Å². The molecule has 2 aromatic heterocycles. The van der Waals surface area contributed by atoms with Crippen LogP contribution in [0.15, 0.2) is 123 Å². The average molecular weight is 1900 g/mol. The molecule has 27 heteroatoms. The minimum absolute atomic E-state index is 0.0601. The van der Waals surface area contributed by atoms with Crippen molar-refractivity contribution in [2.75, 3.05) is 60.5 Å². The number of aryl methyl sites for hydroxylation is 2. The van der Waals surface area contributed by atoms with Crippen LogP contribution in [0.3, 0.4) is 0 Å². The van der Waals surface area contributed by atoms with Crippen LogP contribution in [-0.2, 0) is 47.7 Å². The molecule has 0 radical (unpaired) electrons. The fourth-order valence-electron chi connectivity index (χ4n) is 18.1. The van der Waals surface area contributed by atoms with Gasteiger partial charge in [-0.15, -0.1) is 0 Å². The monoisotopic (exact) mass is 1900 g/mol. The largest absolute Gasteiger partial charge is 0.497 e. The summed E-state index contributed by atoms with van der Waals surface area (Å²) in [4.78, 5) is 87.1. The molecule has 2 aliphatic rings. The Morgan fingerprint density at radius 1 is 0.467 bits per heavy atom. The molecule has 2 saturated heterocycles. The molecule has 4 N–H and O–H groups in total. The van der Waals surface area contributed by atoms with Crippen LogP contribution in [-0.4, -0.2) is 125 Å². The van der Waals surface area contributed by atoms with Crippen molar-refractivity contribution >= 4 is 19.5 Å². The Labute approximate surface area is 804 Å². The number of hydrogen-bond acceptors (Lipinski definition) is 22. The number of carbonyl (C=O) groups is 2. The Hall–Kier alpha value is -8.38. The van der Waals surface area contributed by atoms with Gasteiger partial charge in [-0.05, 0) is 86.2 Å². The Kier molecular flexibility index (Phi) is 52.4. The van der Waals surface area contributed by atoms with E-state index < -0.39 is 136 Å². The number of esters is 2. The standard InChI is InChI=1S/C108H164N5O21P/c1-8-11-14-17-20-23-26-29-32-35-38-41-44-47-50-56-72-125-93-77-87(78-94(126-73-57-51-48-45-42-39-36-33-30-27-24-21-18-15-12-9-2)100(93)127-74-58-52-49-46-43-40-37-34-31-28-25-22-19-16-13-10-3)103(117)128-76-70-99(114)134-106(120)79-97(112-81-85(4)101(115)110-104(112)118)132-95(106)84-131-135(122,130-75-59-71-109)107(121)80-98(113-82-86(5)102(116)111-105(113)119)133-96(107)83-129-108(88-60-54-53-55-61-88,89-62-66-91(123-6)67-63-89)90-64-68-92(124-7)69-65-90/h53-55,60-69,77-78,81-82,95-98,120-121H,8-52,56-59,70,72-76,79-80,83-84H2,1-7H3,(H,110,115,118)(H,111,116,119)/t95-,96-,97-,98-,106-,107-,135?/m1/s1. The Balaban J connectivity index is 1.02. The number of aliphatic hydroxyl groups is 2. The van der Waals surface area contributed by atoms with Crippen molar-refractivity contribution < 1.29 is 80.8 Å². The van der Waals surface area contributed by atoms with E-state index in [1.54, 1.807) is 60.7 Å². The average Bonchev–Trinajstić information content (AvgIpc) is 1.65. The zero-order chi connectivity index (χ0) is 96.6. The van der Waals surface area contributed by atoms with Crippen molar-refractivity contribution in [3.05, 3.63) is 178 Å². The van der Waals surface area contributed by atoms with Crippen LogP contribution in [0, 0.1) is 25.2 Å². The number of carbonyl (C=O) groups excluding carboxylic acids is 2. The minimum Gasteiger partial charge on any atom is -0.497 e. The molecule has 0 amide bonds. The maximum Gasteiger partial charge on any atom is 0.365 e. The number of nitrogens with one attached hydrogen (secondary N) is 2. The number of hydrogen-bond donors (Lipinski definition) is 4. The highest BCUT2D eigenvalue weighted by Crippen LogP contribution is 2.67. The van der Waals surface area contributed by atoms with Gasteiger partial charge in [-0.25, -0.2) is 14.4 Å². The van der Waals surface area contributed by atoms with Gasteiger partial charge in [0, 0.05) is 29.9 Å². The SMILES string of the molecule is CCCCCCCCCCCCCCCCCCOc1cc(C(=O)OCCC(=O)O[C@]2(O)C[C@H](n3cc(C)c(=O)[nH]c3=O)O[C@@H]2COP(=O)(OCCC#N)[C@]2(O)C[C@H](n3cc(C)c(=O)[nH]c3=O)O[C@@H]2COC(c2ccccc2)(c2ccc(OC)cc2)c2ccc(OC)cc2)cc(OCCCCCCCCCCCCCCCCCC)c1OCCCCCCCCCCCCCCCCCC. The molecular weight excluding hydrogens is 1730 g/mol. The fourth-order valence-corrected chi connectivity index (χ4v) is 20.2. The molecule has 6 aromatic rings. The lowest BCUT2D eigenvalue weighted by Gasteiger charge is -2.39. The van der Waals surface area contributed by atoms with Gasteiger partial charge in [0.15, 0.2) is 16.8 Å². The smallest absolute Gasteiger partial charge is 0.365 e. The maximum atomic E-state index is 16.5. The third-order valence-corrected chi connectivity index (χ3v) is 28.8. The third-order valence-electron chi connectivity index (χ3n) is 26.3. The van der Waals surface area contributed by atoms with Crippen molar-refractivity contribution in [3.8, 4) is 34.8 Å². The van der Waals surface area contributed by atoms with E-state index in [2.05, 4.69) is 30.7 Å². The minimum atomic E-state index is -5.42. The molecule has 4 heterocycles. The normalized spacial score (nSPS) is 17.6. The van der Waals surface area contributed by atoms with E-state index in [-0.39, 0.29) is 16.7 Å². The van der Waals surface area contributed by atoms with Crippen LogP contribution in [0.25, 0.3) is 0 Å². The molecule has 135 heavy (non-hydrogen) atoms. The van der Waals surface area contributed by atoms with Gasteiger partial charge < -0.3 is 66.6 Å². The van der Waals surface area contributed by atoms with Crippen molar-refractivity contribution in [1.29, 1.82) is 5.26 Å². The van der Waals surface area contributed by atoms with Crippen LogP contribution in [0.5, 0.6) is 28.7 Å². The molecule has 2 fully saturated rings. The number of aromatic amines is 2. The van der Waals surface area contributed by atoms with Crippen molar-refractivity contribution in [2.45, 2.75) is 410 Å². The first-order chi connectivity index (χ1) is 65.7. The second kappa shape index (κ2) is 63.3. The number of rotatable bonds is 76. The number of nitriles is 1. The molecule has 0 aliphatic carbocycles. The van der Waals surface area contributed by atoms with E-state index in [1.165, 1.54) is 278 Å². The van der Waals surface area contributed by atoms with Gasteiger partial charge in [-0.3, -0.25) is 38.1 Å². The number of H-pyrrole nitrogens is 2. The first-order valence-electron chi connectivity index (χ1n) is 51.8. The Morgan fingerprint density at radius 3 is 1.21 bits per heavy atom. The molecule has 7 atom stereocenters. The van der Waals surface area contributed by atoms with Crippen molar-refractivity contribution in [1.82, 2.24) is 19.1 Å². The molecule has 1 unspecified atom stereocenters. The zero-order valence-electron chi connectivity index (χ0n) is 82.8. The highest BCUT2D eigenvalue weighted by molar-refractivity contribution is 7.55. The summed E-state index contributed by atoms with van der Waals surface area (Å²) in [5.74, 6) is -2.66. The van der Waals surface area contributed by atoms with Crippen LogP contribution in [0.1, 0.15) is 405 Å². The van der Waals surface area contributed by atoms with Gasteiger partial charge in [0.2, 0.25) is 11.5 Å². The van der Waals surface area contributed by atoms with Crippen molar-refractivity contribution in [3.63, 3.8) is 0 Å². The number of ether oxygens (including phenoxy) is 10. The second-order valence-corrected chi connectivity index (χ2v) is 39.5. The number of aromatic nitrogens is 4. The Morgan fingerprint density at radius 2 is 0.830 bits per heavy atom. The van der Waals surface area contributed by atoms with Crippen LogP contribution >= 0.6 is 7.60 Å². The lowest BCUT2D eigenvalue weighted by Crippen LogP contribution is -2.47. The van der Waals surface area contributed by atoms with E-state index in [4.69, 9.17) is 56.4 Å². The number of unbranched alkanes of at least 4 members (excludes halogenated alkanes) is 45. The highest BCUT2D eigenvalue weighted by Gasteiger charge is 2.64. The topological polar surface area (TPSA) is 336 Å². The maximum absolute atomic E-state index is 16.5. The van der Waals surface area contributed by atoms with Gasteiger partial charge in [0.1, 0.15) is 48.4 Å². The summed E-state index contributed by atoms with van der Waals surface area (Å²) < 4.78 is 94.3. The van der Waals surface area contributed by atoms with Gasteiger partial charge in [0.05, 0.1) is 84.8 Å². The van der Waals surface area contributed by atoms with E-state index >= 15 is 4.57 Å².